The lowest BCUT2D eigenvalue weighted by Gasteiger charge is -2.35. The van der Waals surface area contributed by atoms with E-state index in [0.717, 1.165) is 35.9 Å². The molecule has 24 heavy (non-hydrogen) atoms. The molecule has 0 amide bonds. The van der Waals surface area contributed by atoms with Crippen LogP contribution in [0.3, 0.4) is 0 Å². The normalized spacial score (nSPS) is 18.1. The SMILES string of the molecule is N#CCC1CCCCN1c1nc2c(ccn2C(=O)O)c2nc[nH]c12. The minimum absolute atomic E-state index is 0.0911. The molecule has 3 aromatic heterocycles. The van der Waals surface area contributed by atoms with Gasteiger partial charge in [0, 0.05) is 24.2 Å². The third kappa shape index (κ3) is 2.09. The summed E-state index contributed by atoms with van der Waals surface area (Å²) < 4.78 is 1.11. The number of carboxylic acid groups (broad SMARTS) is 1. The Morgan fingerprint density at radius 2 is 2.38 bits per heavy atom. The first-order valence-corrected chi connectivity index (χ1v) is 7.91. The van der Waals surface area contributed by atoms with Crippen LogP contribution in [0.4, 0.5) is 10.6 Å². The van der Waals surface area contributed by atoms with Gasteiger partial charge in [-0.2, -0.15) is 5.26 Å². The van der Waals surface area contributed by atoms with Gasteiger partial charge in [-0.15, -0.1) is 0 Å². The van der Waals surface area contributed by atoms with Gasteiger partial charge in [-0.1, -0.05) is 0 Å². The highest BCUT2D eigenvalue weighted by molar-refractivity contribution is 6.07. The molecule has 1 fully saturated rings. The second kappa shape index (κ2) is 5.53. The van der Waals surface area contributed by atoms with E-state index in [4.69, 9.17) is 5.26 Å². The van der Waals surface area contributed by atoms with E-state index < -0.39 is 6.09 Å². The van der Waals surface area contributed by atoms with Crippen molar-refractivity contribution in [2.24, 2.45) is 0 Å². The Morgan fingerprint density at radius 3 is 3.17 bits per heavy atom. The van der Waals surface area contributed by atoms with Crippen LogP contribution in [0.5, 0.6) is 0 Å². The maximum absolute atomic E-state index is 11.4. The van der Waals surface area contributed by atoms with Crippen LogP contribution in [0.2, 0.25) is 0 Å². The zero-order chi connectivity index (χ0) is 16.7. The molecule has 0 spiro atoms. The first-order chi connectivity index (χ1) is 11.7. The Balaban J connectivity index is 1.95. The predicted molar refractivity (Wildman–Crippen MR) is 88.0 cm³/mol. The summed E-state index contributed by atoms with van der Waals surface area (Å²) in [5, 5.41) is 19.2. The van der Waals surface area contributed by atoms with E-state index in [2.05, 4.69) is 25.9 Å². The van der Waals surface area contributed by atoms with Crippen molar-refractivity contribution in [1.29, 1.82) is 5.26 Å². The molecule has 1 unspecified atom stereocenters. The van der Waals surface area contributed by atoms with Crippen LogP contribution in [0, 0.1) is 11.3 Å². The van der Waals surface area contributed by atoms with Crippen molar-refractivity contribution in [1.82, 2.24) is 19.5 Å². The molecule has 2 N–H and O–H groups in total. The molecule has 1 aliphatic rings. The van der Waals surface area contributed by atoms with Gasteiger partial charge in [-0.3, -0.25) is 0 Å². The van der Waals surface area contributed by atoms with Crippen LogP contribution < -0.4 is 4.90 Å². The molecule has 0 radical (unpaired) electrons. The number of rotatable bonds is 2. The van der Waals surface area contributed by atoms with E-state index in [1.165, 1.54) is 6.20 Å². The third-order valence-electron chi connectivity index (χ3n) is 4.62. The van der Waals surface area contributed by atoms with Gasteiger partial charge in [0.05, 0.1) is 18.8 Å². The number of hydrogen-bond donors (Lipinski definition) is 2. The number of fused-ring (bicyclic) bond motifs is 3. The molecule has 8 heteroatoms. The number of piperidine rings is 1. The highest BCUT2D eigenvalue weighted by Gasteiger charge is 2.27. The number of pyridine rings is 1. The van der Waals surface area contributed by atoms with Gasteiger partial charge in [0.15, 0.2) is 11.5 Å². The molecule has 1 aliphatic heterocycles. The second-order valence-electron chi connectivity index (χ2n) is 5.97. The average molecular weight is 324 g/mol. The molecule has 0 bridgehead atoms. The molecular formula is C16H16N6O2. The molecule has 8 nitrogen and oxygen atoms in total. The fourth-order valence-electron chi connectivity index (χ4n) is 3.51. The largest absolute Gasteiger partial charge is 0.464 e. The summed E-state index contributed by atoms with van der Waals surface area (Å²) in [6.07, 6.45) is 5.47. The van der Waals surface area contributed by atoms with Crippen molar-refractivity contribution < 1.29 is 9.90 Å². The summed E-state index contributed by atoms with van der Waals surface area (Å²) in [7, 11) is 0. The summed E-state index contributed by atoms with van der Waals surface area (Å²) in [4.78, 5) is 25.7. The van der Waals surface area contributed by atoms with Crippen molar-refractivity contribution in [3.05, 3.63) is 18.6 Å². The van der Waals surface area contributed by atoms with Crippen LogP contribution in [0.1, 0.15) is 25.7 Å². The summed E-state index contributed by atoms with van der Waals surface area (Å²) in [5.74, 6) is 0.677. The van der Waals surface area contributed by atoms with Crippen molar-refractivity contribution in [3.63, 3.8) is 0 Å². The Hall–Kier alpha value is -3.08. The smallest absolute Gasteiger partial charge is 0.417 e. The molecule has 122 valence electrons. The highest BCUT2D eigenvalue weighted by Crippen LogP contribution is 2.33. The van der Waals surface area contributed by atoms with Crippen molar-refractivity contribution in [2.75, 3.05) is 11.4 Å². The minimum atomic E-state index is -1.08. The Bertz CT molecular complexity index is 966. The van der Waals surface area contributed by atoms with E-state index >= 15 is 0 Å². The molecule has 1 atom stereocenters. The summed E-state index contributed by atoms with van der Waals surface area (Å²) in [6, 6.07) is 4.05. The Labute approximate surface area is 137 Å². The van der Waals surface area contributed by atoms with E-state index in [1.54, 1.807) is 12.4 Å². The number of aromatic nitrogens is 4. The number of aromatic amines is 1. The van der Waals surface area contributed by atoms with Gasteiger partial charge in [-0.25, -0.2) is 19.3 Å². The minimum Gasteiger partial charge on any atom is -0.464 e. The molecule has 4 rings (SSSR count). The molecular weight excluding hydrogens is 308 g/mol. The average Bonchev–Trinajstić information content (AvgIpc) is 3.21. The number of carbonyl (C=O) groups is 1. The van der Waals surface area contributed by atoms with Gasteiger partial charge in [0.25, 0.3) is 0 Å². The zero-order valence-corrected chi connectivity index (χ0v) is 12.9. The highest BCUT2D eigenvalue weighted by atomic mass is 16.4. The Morgan fingerprint density at radius 1 is 1.50 bits per heavy atom. The Kier molecular flexibility index (Phi) is 3.34. The quantitative estimate of drug-likeness (QED) is 0.749. The van der Waals surface area contributed by atoms with E-state index in [-0.39, 0.29) is 6.04 Å². The van der Waals surface area contributed by atoms with Gasteiger partial charge >= 0.3 is 6.09 Å². The van der Waals surface area contributed by atoms with Crippen molar-refractivity contribution in [2.45, 2.75) is 31.7 Å². The van der Waals surface area contributed by atoms with Gasteiger partial charge in [-0.05, 0) is 25.3 Å². The van der Waals surface area contributed by atoms with Gasteiger partial charge in [0.2, 0.25) is 0 Å². The van der Waals surface area contributed by atoms with E-state index in [9.17, 15) is 9.90 Å². The molecule has 0 aliphatic carbocycles. The molecule has 4 heterocycles. The number of nitrogens with one attached hydrogen (secondary N) is 1. The predicted octanol–water partition coefficient (Wildman–Crippen LogP) is 2.71. The zero-order valence-electron chi connectivity index (χ0n) is 12.9. The third-order valence-corrected chi connectivity index (χ3v) is 4.62. The molecule has 0 saturated carbocycles. The fourth-order valence-corrected chi connectivity index (χ4v) is 3.51. The lowest BCUT2D eigenvalue weighted by Crippen LogP contribution is -2.40. The van der Waals surface area contributed by atoms with Crippen LogP contribution in [-0.2, 0) is 0 Å². The van der Waals surface area contributed by atoms with Crippen LogP contribution in [-0.4, -0.2) is 43.3 Å². The van der Waals surface area contributed by atoms with E-state index in [0.29, 0.717) is 28.8 Å². The van der Waals surface area contributed by atoms with E-state index in [1.807, 2.05) is 0 Å². The standard InChI is InChI=1S/C16H16N6O2/c17-6-4-10-3-1-2-7-21(10)15-13-12(18-9-19-13)11-5-8-22(16(23)24)14(11)20-15/h5,8-10H,1-4,7H2,(H,18,19)(H,23,24). The first-order valence-electron chi connectivity index (χ1n) is 7.91. The lowest BCUT2D eigenvalue weighted by molar-refractivity contribution is 0.197. The number of nitrogens with zero attached hydrogens (tertiary/aromatic N) is 5. The molecule has 1 saturated heterocycles. The second-order valence-corrected chi connectivity index (χ2v) is 5.97. The lowest BCUT2D eigenvalue weighted by atomic mass is 9.99. The number of imidazole rings is 1. The topological polar surface area (TPSA) is 111 Å². The first kappa shape index (κ1) is 14.5. The van der Waals surface area contributed by atoms with Gasteiger partial charge < -0.3 is 15.0 Å². The number of anilines is 1. The molecule has 0 aromatic carbocycles. The van der Waals surface area contributed by atoms with Crippen LogP contribution >= 0.6 is 0 Å². The van der Waals surface area contributed by atoms with Crippen molar-refractivity contribution in [3.8, 4) is 6.07 Å². The van der Waals surface area contributed by atoms with Crippen LogP contribution in [0.15, 0.2) is 18.6 Å². The number of hydrogen-bond acceptors (Lipinski definition) is 5. The number of H-pyrrole nitrogens is 1. The monoisotopic (exact) mass is 324 g/mol. The number of nitriles is 1. The maximum Gasteiger partial charge on any atom is 0.417 e. The van der Waals surface area contributed by atoms with Crippen molar-refractivity contribution >= 4 is 34.0 Å². The fraction of sp³-hybridized carbons (Fsp3) is 0.375. The summed E-state index contributed by atoms with van der Waals surface area (Å²) in [6.45, 7) is 0.798. The summed E-state index contributed by atoms with van der Waals surface area (Å²) in [5.41, 5.74) is 1.87. The van der Waals surface area contributed by atoms with Gasteiger partial charge in [0.1, 0.15) is 11.0 Å². The molecule has 3 aromatic rings. The maximum atomic E-state index is 11.4. The van der Waals surface area contributed by atoms with Crippen LogP contribution in [0.25, 0.3) is 22.1 Å². The summed E-state index contributed by atoms with van der Waals surface area (Å²) >= 11 is 0.